The predicted octanol–water partition coefficient (Wildman–Crippen LogP) is 2.80. The number of rotatable bonds is 7. The third-order valence-corrected chi connectivity index (χ3v) is 4.97. The van der Waals surface area contributed by atoms with Gasteiger partial charge in [0, 0.05) is 31.9 Å². The van der Waals surface area contributed by atoms with Gasteiger partial charge in [-0.05, 0) is 63.0 Å². The minimum Gasteiger partial charge on any atom is -0.491 e. The Labute approximate surface area is 150 Å². The first-order valence-corrected chi connectivity index (χ1v) is 9.28. The second-order valence-electron chi connectivity index (χ2n) is 6.79. The van der Waals surface area contributed by atoms with Crippen molar-refractivity contribution in [2.75, 3.05) is 51.8 Å². The second-order valence-corrected chi connectivity index (χ2v) is 6.79. The van der Waals surface area contributed by atoms with Crippen LogP contribution in [-0.4, -0.2) is 68.4 Å². The summed E-state index contributed by atoms with van der Waals surface area (Å²) < 4.78 is 10.5. The van der Waals surface area contributed by atoms with Gasteiger partial charge in [0.1, 0.15) is 12.4 Å². The zero-order chi connectivity index (χ0) is 17.5. The zero-order valence-electron chi connectivity index (χ0n) is 15.1. The van der Waals surface area contributed by atoms with Gasteiger partial charge in [0.25, 0.3) is 0 Å². The summed E-state index contributed by atoms with van der Waals surface area (Å²) in [5, 5.41) is 3.02. The van der Waals surface area contributed by atoms with Crippen LogP contribution in [0.2, 0.25) is 0 Å². The van der Waals surface area contributed by atoms with Gasteiger partial charge in [0.2, 0.25) is 0 Å². The lowest BCUT2D eigenvalue weighted by atomic mass is 10.2. The molecule has 0 unspecified atom stereocenters. The van der Waals surface area contributed by atoms with E-state index >= 15 is 0 Å². The van der Waals surface area contributed by atoms with Gasteiger partial charge in [-0.3, -0.25) is 0 Å². The van der Waals surface area contributed by atoms with E-state index in [1.807, 2.05) is 29.2 Å². The quantitative estimate of drug-likeness (QED) is 0.771. The molecule has 2 amide bonds. The highest BCUT2D eigenvalue weighted by molar-refractivity contribution is 5.89. The fourth-order valence-electron chi connectivity index (χ4n) is 3.63. The third-order valence-electron chi connectivity index (χ3n) is 4.97. The fraction of sp³-hybridized carbons (Fsp3) is 0.632. The summed E-state index contributed by atoms with van der Waals surface area (Å²) in [6.07, 6.45) is 4.78. The van der Waals surface area contributed by atoms with Gasteiger partial charge in [-0.25, -0.2) is 4.79 Å². The first kappa shape index (κ1) is 18.0. The van der Waals surface area contributed by atoms with Crippen LogP contribution in [0.4, 0.5) is 10.5 Å². The predicted molar refractivity (Wildman–Crippen MR) is 98.2 cm³/mol. The van der Waals surface area contributed by atoms with Crippen LogP contribution >= 0.6 is 0 Å². The molecule has 0 aliphatic carbocycles. The average Bonchev–Trinajstić information content (AvgIpc) is 3.29. The number of carbonyl (C=O) groups excluding carboxylic acids is 1. The summed E-state index contributed by atoms with van der Waals surface area (Å²) in [5.41, 5.74) is 0.802. The number of urea groups is 1. The Bertz CT molecular complexity index is 543. The van der Waals surface area contributed by atoms with E-state index in [2.05, 4.69) is 10.2 Å². The lowest BCUT2D eigenvalue weighted by Gasteiger charge is -2.28. The summed E-state index contributed by atoms with van der Waals surface area (Å²) >= 11 is 0. The Morgan fingerprint density at radius 2 is 1.88 bits per heavy atom. The van der Waals surface area contributed by atoms with Gasteiger partial charge >= 0.3 is 6.03 Å². The van der Waals surface area contributed by atoms with E-state index in [1.54, 1.807) is 7.11 Å². The van der Waals surface area contributed by atoms with Gasteiger partial charge in [0.15, 0.2) is 0 Å². The number of nitrogens with zero attached hydrogens (tertiary/aromatic N) is 2. The summed E-state index contributed by atoms with van der Waals surface area (Å²) in [6, 6.07) is 7.86. The Morgan fingerprint density at radius 3 is 2.60 bits per heavy atom. The van der Waals surface area contributed by atoms with Crippen LogP contribution in [0, 0.1) is 0 Å². The molecule has 6 nitrogen and oxygen atoms in total. The summed E-state index contributed by atoms with van der Waals surface area (Å²) in [5.74, 6) is 0.781. The van der Waals surface area contributed by atoms with Crippen molar-refractivity contribution in [1.29, 1.82) is 0 Å². The van der Waals surface area contributed by atoms with Crippen molar-refractivity contribution >= 4 is 11.7 Å². The first-order valence-electron chi connectivity index (χ1n) is 9.28. The fourth-order valence-corrected chi connectivity index (χ4v) is 3.63. The van der Waals surface area contributed by atoms with Crippen molar-refractivity contribution in [3.63, 3.8) is 0 Å². The number of ether oxygens (including phenoxy) is 2. The molecule has 2 fully saturated rings. The van der Waals surface area contributed by atoms with Crippen LogP contribution in [0.25, 0.3) is 0 Å². The van der Waals surface area contributed by atoms with Crippen LogP contribution < -0.4 is 10.1 Å². The highest BCUT2D eigenvalue weighted by Gasteiger charge is 2.30. The molecule has 0 aromatic heterocycles. The molecule has 3 rings (SSSR count). The monoisotopic (exact) mass is 347 g/mol. The van der Waals surface area contributed by atoms with Crippen LogP contribution in [-0.2, 0) is 4.74 Å². The molecule has 1 aromatic carbocycles. The molecule has 2 aliphatic heterocycles. The number of methoxy groups -OCH3 is 1. The maximum atomic E-state index is 12.6. The Kier molecular flexibility index (Phi) is 6.53. The largest absolute Gasteiger partial charge is 0.491 e. The van der Waals surface area contributed by atoms with Crippen molar-refractivity contribution in [1.82, 2.24) is 9.80 Å². The van der Waals surface area contributed by atoms with Gasteiger partial charge in [-0.15, -0.1) is 0 Å². The minimum atomic E-state index is 0.00903. The van der Waals surface area contributed by atoms with E-state index in [9.17, 15) is 4.79 Å². The summed E-state index contributed by atoms with van der Waals surface area (Å²) in [7, 11) is 1.65. The third kappa shape index (κ3) is 5.09. The summed E-state index contributed by atoms with van der Waals surface area (Å²) in [6.45, 7) is 5.30. The lowest BCUT2D eigenvalue weighted by molar-refractivity contribution is 0.146. The molecular formula is C19H29N3O3. The Balaban J connectivity index is 1.50. The molecule has 0 saturated carbocycles. The zero-order valence-corrected chi connectivity index (χ0v) is 15.1. The molecule has 1 N–H and O–H groups in total. The SMILES string of the molecule is COCCOc1ccc(NC(=O)N2CCC[C@@H]2CN2CCCC2)cc1. The van der Waals surface area contributed by atoms with Crippen molar-refractivity contribution in [2.24, 2.45) is 0 Å². The summed E-state index contributed by atoms with van der Waals surface area (Å²) in [4.78, 5) is 17.1. The molecule has 25 heavy (non-hydrogen) atoms. The van der Waals surface area contributed by atoms with Gasteiger partial charge in [0.05, 0.1) is 6.61 Å². The highest BCUT2D eigenvalue weighted by atomic mass is 16.5. The average molecular weight is 347 g/mol. The molecule has 6 heteroatoms. The van der Waals surface area contributed by atoms with E-state index in [0.29, 0.717) is 19.3 Å². The van der Waals surface area contributed by atoms with E-state index < -0.39 is 0 Å². The van der Waals surface area contributed by atoms with E-state index in [-0.39, 0.29) is 6.03 Å². The van der Waals surface area contributed by atoms with Crippen molar-refractivity contribution < 1.29 is 14.3 Å². The smallest absolute Gasteiger partial charge is 0.322 e. The van der Waals surface area contributed by atoms with Gasteiger partial charge in [-0.1, -0.05) is 0 Å². The molecular weight excluding hydrogens is 318 g/mol. The molecule has 0 radical (unpaired) electrons. The Hall–Kier alpha value is -1.79. The second kappa shape index (κ2) is 9.06. The van der Waals surface area contributed by atoms with Crippen molar-refractivity contribution in [3.05, 3.63) is 24.3 Å². The normalized spacial score (nSPS) is 20.8. The van der Waals surface area contributed by atoms with E-state index in [1.165, 1.54) is 25.9 Å². The first-order chi connectivity index (χ1) is 12.3. The maximum absolute atomic E-state index is 12.6. The van der Waals surface area contributed by atoms with E-state index in [0.717, 1.165) is 37.4 Å². The van der Waals surface area contributed by atoms with Crippen LogP contribution in [0.3, 0.4) is 0 Å². The molecule has 2 aliphatic rings. The molecule has 138 valence electrons. The van der Waals surface area contributed by atoms with Crippen molar-refractivity contribution in [2.45, 2.75) is 31.7 Å². The maximum Gasteiger partial charge on any atom is 0.322 e. The molecule has 1 aromatic rings. The molecule has 0 spiro atoms. The lowest BCUT2D eigenvalue weighted by Crippen LogP contribution is -2.44. The molecule has 2 saturated heterocycles. The number of hydrogen-bond acceptors (Lipinski definition) is 4. The van der Waals surface area contributed by atoms with Crippen LogP contribution in [0.5, 0.6) is 5.75 Å². The molecule has 1 atom stereocenters. The number of carbonyl (C=O) groups is 1. The number of hydrogen-bond donors (Lipinski definition) is 1. The number of amides is 2. The number of anilines is 1. The molecule has 0 bridgehead atoms. The highest BCUT2D eigenvalue weighted by Crippen LogP contribution is 2.22. The number of nitrogens with one attached hydrogen (secondary N) is 1. The molecule has 2 heterocycles. The van der Waals surface area contributed by atoms with Crippen LogP contribution in [0.1, 0.15) is 25.7 Å². The minimum absolute atomic E-state index is 0.00903. The standard InChI is InChI=1S/C19H29N3O3/c1-24-13-14-25-18-8-6-16(7-9-18)20-19(23)22-12-4-5-17(22)15-21-10-2-3-11-21/h6-9,17H,2-5,10-15H2,1H3,(H,20,23)/t17-/m1/s1. The van der Waals surface area contributed by atoms with Crippen molar-refractivity contribution in [3.8, 4) is 5.75 Å². The van der Waals surface area contributed by atoms with Crippen LogP contribution in [0.15, 0.2) is 24.3 Å². The Morgan fingerprint density at radius 1 is 1.12 bits per heavy atom. The number of benzene rings is 1. The van der Waals surface area contributed by atoms with Gasteiger partial charge in [-0.2, -0.15) is 0 Å². The van der Waals surface area contributed by atoms with Gasteiger partial charge < -0.3 is 24.6 Å². The van der Waals surface area contributed by atoms with E-state index in [4.69, 9.17) is 9.47 Å². The topological polar surface area (TPSA) is 54.0 Å². The number of likely N-dealkylation sites (tertiary alicyclic amines) is 2.